The van der Waals surface area contributed by atoms with E-state index in [2.05, 4.69) is 28.4 Å². The quantitative estimate of drug-likeness (QED) is 0.793. The van der Waals surface area contributed by atoms with Crippen LogP contribution in [0.25, 0.3) is 0 Å². The highest BCUT2D eigenvalue weighted by atomic mass is 16.5. The summed E-state index contributed by atoms with van der Waals surface area (Å²) in [7, 11) is 0. The number of carboxylic acids is 1. The lowest BCUT2D eigenvalue weighted by Crippen LogP contribution is -2.29. The minimum Gasteiger partial charge on any atom is -0.493 e. The fourth-order valence-electron chi connectivity index (χ4n) is 4.68. The third-order valence-corrected chi connectivity index (χ3v) is 6.15. The molecule has 0 bridgehead atoms. The van der Waals surface area contributed by atoms with E-state index in [9.17, 15) is 4.79 Å². The van der Waals surface area contributed by atoms with E-state index in [1.165, 1.54) is 30.5 Å². The van der Waals surface area contributed by atoms with Gasteiger partial charge in [0.05, 0.1) is 24.8 Å². The molecule has 2 N–H and O–H groups in total. The Morgan fingerprint density at radius 2 is 1.93 bits per heavy atom. The summed E-state index contributed by atoms with van der Waals surface area (Å²) in [5.41, 5.74) is 4.34. The topological polar surface area (TPSA) is 71.0 Å². The van der Waals surface area contributed by atoms with Crippen molar-refractivity contribution < 1.29 is 19.4 Å². The minimum atomic E-state index is -0.794. The Hall–Kier alpha value is -2.89. The van der Waals surface area contributed by atoms with Crippen LogP contribution in [0.2, 0.25) is 0 Å². The van der Waals surface area contributed by atoms with Crippen molar-refractivity contribution in [1.82, 2.24) is 0 Å². The zero-order valence-electron chi connectivity index (χ0n) is 16.4. The van der Waals surface area contributed by atoms with Crippen LogP contribution >= 0.6 is 0 Å². The maximum Gasteiger partial charge on any atom is 0.304 e. The van der Waals surface area contributed by atoms with Crippen molar-refractivity contribution in [3.8, 4) is 11.5 Å². The van der Waals surface area contributed by atoms with E-state index in [0.29, 0.717) is 13.2 Å². The van der Waals surface area contributed by atoms with E-state index in [0.717, 1.165) is 35.8 Å². The molecule has 3 aliphatic rings. The average Bonchev–Trinajstić information content (AvgIpc) is 3.32. The molecule has 2 aromatic carbocycles. The predicted molar refractivity (Wildman–Crippen MR) is 111 cm³/mol. The van der Waals surface area contributed by atoms with Gasteiger partial charge in [-0.3, -0.25) is 4.79 Å². The molecule has 0 amide bonds. The van der Waals surface area contributed by atoms with Crippen molar-refractivity contribution in [2.45, 2.75) is 37.6 Å². The van der Waals surface area contributed by atoms with E-state index in [-0.39, 0.29) is 18.4 Å². The molecule has 1 fully saturated rings. The predicted octanol–water partition coefficient (Wildman–Crippen LogP) is 4.17. The summed E-state index contributed by atoms with van der Waals surface area (Å²) in [6.45, 7) is 3.22. The van der Waals surface area contributed by atoms with Crippen LogP contribution in [0.4, 0.5) is 11.4 Å². The highest BCUT2D eigenvalue weighted by Gasteiger charge is 2.30. The number of ether oxygens (including phenoxy) is 2. The van der Waals surface area contributed by atoms with Crippen LogP contribution in [0.3, 0.4) is 0 Å². The van der Waals surface area contributed by atoms with Crippen molar-refractivity contribution in [3.05, 3.63) is 47.5 Å². The van der Waals surface area contributed by atoms with Gasteiger partial charge < -0.3 is 24.8 Å². The first-order chi connectivity index (χ1) is 14.2. The molecule has 3 heterocycles. The number of nitrogens with one attached hydrogen (secondary N) is 1. The van der Waals surface area contributed by atoms with Gasteiger partial charge >= 0.3 is 5.97 Å². The summed E-state index contributed by atoms with van der Waals surface area (Å²) in [6, 6.07) is 12.5. The number of fused-ring (bicyclic) bond motifs is 2. The van der Waals surface area contributed by atoms with E-state index in [1.807, 2.05) is 18.2 Å². The highest BCUT2D eigenvalue weighted by Crippen LogP contribution is 2.43. The minimum absolute atomic E-state index is 0.0702. The number of benzene rings is 2. The zero-order valence-corrected chi connectivity index (χ0v) is 16.4. The van der Waals surface area contributed by atoms with Crippen LogP contribution in [-0.4, -0.2) is 37.4 Å². The molecule has 0 saturated carbocycles. The van der Waals surface area contributed by atoms with Gasteiger partial charge in [-0.05, 0) is 31.4 Å². The number of carboxylic acid groups (broad SMARTS) is 1. The fourth-order valence-corrected chi connectivity index (χ4v) is 4.68. The summed E-state index contributed by atoms with van der Waals surface area (Å²) in [4.78, 5) is 13.5. The number of carbonyl (C=O) groups is 1. The number of nitrogens with zero attached hydrogens (tertiary/aromatic N) is 1. The Morgan fingerprint density at radius 1 is 1.07 bits per heavy atom. The van der Waals surface area contributed by atoms with Gasteiger partial charge in [0.2, 0.25) is 0 Å². The van der Waals surface area contributed by atoms with Crippen LogP contribution in [-0.2, 0) is 4.79 Å². The molecule has 2 atom stereocenters. The van der Waals surface area contributed by atoms with Crippen LogP contribution in [0.1, 0.15) is 48.8 Å². The van der Waals surface area contributed by atoms with Gasteiger partial charge in [-0.1, -0.05) is 18.2 Å². The molecule has 0 aliphatic carbocycles. The van der Waals surface area contributed by atoms with E-state index >= 15 is 0 Å². The monoisotopic (exact) mass is 394 g/mol. The molecule has 6 nitrogen and oxygen atoms in total. The molecule has 6 heteroatoms. The van der Waals surface area contributed by atoms with Crippen molar-refractivity contribution in [3.63, 3.8) is 0 Å². The lowest BCUT2D eigenvalue weighted by Gasteiger charge is -2.30. The second-order valence-corrected chi connectivity index (χ2v) is 8.11. The maximum absolute atomic E-state index is 11.0. The molecule has 29 heavy (non-hydrogen) atoms. The number of aliphatic carboxylic acids is 1. The molecule has 0 radical (unpaired) electrons. The first-order valence-electron chi connectivity index (χ1n) is 10.4. The van der Waals surface area contributed by atoms with Crippen LogP contribution in [0, 0.1) is 0 Å². The van der Waals surface area contributed by atoms with Gasteiger partial charge in [0.25, 0.3) is 0 Å². The molecular formula is C23H26N2O4. The number of para-hydroxylation sites is 1. The molecule has 0 aromatic heterocycles. The summed E-state index contributed by atoms with van der Waals surface area (Å²) in [5, 5.41) is 12.6. The molecule has 1 saturated heterocycles. The fraction of sp³-hybridized carbons (Fsp3) is 0.435. The van der Waals surface area contributed by atoms with Crippen molar-refractivity contribution in [1.29, 1.82) is 0 Å². The standard InChI is InChI=1S/C23H26N2O4/c26-22(27)11-15-13-28-21-12-16(7-8-17(15)21)24-19-14-29-23-18(19)5-4-6-20(23)25-9-2-1-3-10-25/h4-8,12,15,19,24H,1-3,9-11,13-14H2,(H,26,27). The van der Waals surface area contributed by atoms with Gasteiger partial charge in [0.1, 0.15) is 18.1 Å². The Balaban J connectivity index is 1.34. The first kappa shape index (κ1) is 18.2. The van der Waals surface area contributed by atoms with E-state index in [1.54, 1.807) is 0 Å². The Kier molecular flexibility index (Phi) is 4.70. The number of piperidine rings is 1. The summed E-state index contributed by atoms with van der Waals surface area (Å²) < 4.78 is 11.9. The number of anilines is 2. The number of hydrogen-bond acceptors (Lipinski definition) is 5. The maximum atomic E-state index is 11.0. The lowest BCUT2D eigenvalue weighted by molar-refractivity contribution is -0.137. The smallest absolute Gasteiger partial charge is 0.304 e. The largest absolute Gasteiger partial charge is 0.493 e. The summed E-state index contributed by atoms with van der Waals surface area (Å²) in [6.07, 6.45) is 3.89. The highest BCUT2D eigenvalue weighted by molar-refractivity contribution is 5.69. The molecule has 152 valence electrons. The third kappa shape index (κ3) is 3.48. The van der Waals surface area contributed by atoms with Crippen LogP contribution in [0.5, 0.6) is 11.5 Å². The van der Waals surface area contributed by atoms with Gasteiger partial charge in [-0.15, -0.1) is 0 Å². The summed E-state index contributed by atoms with van der Waals surface area (Å²) in [5.74, 6) is 0.922. The molecule has 2 unspecified atom stereocenters. The Bertz CT molecular complexity index is 923. The van der Waals surface area contributed by atoms with Crippen LogP contribution < -0.4 is 19.7 Å². The second kappa shape index (κ2) is 7.50. The normalized spacial score (nSPS) is 22.4. The van der Waals surface area contributed by atoms with Crippen molar-refractivity contribution >= 4 is 17.3 Å². The Labute approximate surface area is 170 Å². The number of rotatable bonds is 5. The van der Waals surface area contributed by atoms with E-state index < -0.39 is 5.97 Å². The van der Waals surface area contributed by atoms with Gasteiger partial charge in [-0.2, -0.15) is 0 Å². The number of hydrogen-bond donors (Lipinski definition) is 2. The van der Waals surface area contributed by atoms with Gasteiger partial charge in [0, 0.05) is 41.9 Å². The molecule has 2 aromatic rings. The second-order valence-electron chi connectivity index (χ2n) is 8.11. The lowest BCUT2D eigenvalue weighted by atomic mass is 9.97. The van der Waals surface area contributed by atoms with E-state index in [4.69, 9.17) is 14.6 Å². The third-order valence-electron chi connectivity index (χ3n) is 6.15. The van der Waals surface area contributed by atoms with Gasteiger partial charge in [-0.25, -0.2) is 0 Å². The molecule has 5 rings (SSSR count). The molecule has 3 aliphatic heterocycles. The Morgan fingerprint density at radius 3 is 2.76 bits per heavy atom. The van der Waals surface area contributed by atoms with Crippen LogP contribution in [0.15, 0.2) is 36.4 Å². The zero-order chi connectivity index (χ0) is 19.8. The van der Waals surface area contributed by atoms with Crippen molar-refractivity contribution in [2.75, 3.05) is 36.5 Å². The average molecular weight is 394 g/mol. The first-order valence-corrected chi connectivity index (χ1v) is 10.4. The van der Waals surface area contributed by atoms with Crippen molar-refractivity contribution in [2.24, 2.45) is 0 Å². The summed E-state index contributed by atoms with van der Waals surface area (Å²) >= 11 is 0. The molecule has 0 spiro atoms. The van der Waals surface area contributed by atoms with Gasteiger partial charge in [0.15, 0.2) is 0 Å². The SMILES string of the molecule is O=C(O)CC1COc2cc(NC3COc4c3cccc4N3CCCCC3)ccc21. The molecular weight excluding hydrogens is 368 g/mol.